The van der Waals surface area contributed by atoms with E-state index in [1.54, 1.807) is 18.2 Å². The van der Waals surface area contributed by atoms with E-state index < -0.39 is 24.1 Å². The molecule has 0 saturated carbocycles. The van der Waals surface area contributed by atoms with E-state index >= 15 is 0 Å². The quantitative estimate of drug-likeness (QED) is 0.574. The SMILES string of the molecule is C=C[C@@]1(O)[C@@H](COc2ccc3ccc(Cl)nc3c2)OC(O)[C@@H]1O. The first-order valence-electron chi connectivity index (χ1n) is 7.00. The molecule has 122 valence electrons. The van der Waals surface area contributed by atoms with Gasteiger partial charge in [0.2, 0.25) is 0 Å². The van der Waals surface area contributed by atoms with Crippen molar-refractivity contribution in [2.75, 3.05) is 6.61 Å². The molecular formula is C16H16ClNO5. The summed E-state index contributed by atoms with van der Waals surface area (Å²) in [7, 11) is 0. The predicted octanol–water partition coefficient (Wildman–Crippen LogP) is 1.26. The lowest BCUT2D eigenvalue weighted by molar-refractivity contribution is -0.131. The molecule has 1 aliphatic heterocycles. The second kappa shape index (κ2) is 6.07. The number of pyridine rings is 1. The van der Waals surface area contributed by atoms with E-state index in [1.807, 2.05) is 12.1 Å². The molecule has 2 aromatic rings. The molecule has 2 heterocycles. The molecule has 1 aliphatic rings. The van der Waals surface area contributed by atoms with E-state index in [2.05, 4.69) is 11.6 Å². The monoisotopic (exact) mass is 337 g/mol. The van der Waals surface area contributed by atoms with Crippen LogP contribution in [0.3, 0.4) is 0 Å². The standard InChI is InChI=1S/C16H16ClNO5/c1-2-16(21)12(23-15(20)14(16)19)8-22-10-5-3-9-4-6-13(17)18-11(9)7-10/h2-7,12,14-15,19-21H,1,8H2/t12-,14+,15?,16-/m1/s1. The van der Waals surface area contributed by atoms with E-state index in [0.29, 0.717) is 16.4 Å². The van der Waals surface area contributed by atoms with Crippen LogP contribution in [0.1, 0.15) is 0 Å². The number of aliphatic hydroxyl groups excluding tert-OH is 2. The number of aromatic nitrogens is 1. The topological polar surface area (TPSA) is 92.0 Å². The second-order valence-corrected chi connectivity index (χ2v) is 5.74. The van der Waals surface area contributed by atoms with Crippen molar-refractivity contribution in [2.24, 2.45) is 0 Å². The number of halogens is 1. The fourth-order valence-corrected chi connectivity index (χ4v) is 2.68. The van der Waals surface area contributed by atoms with Gasteiger partial charge >= 0.3 is 0 Å². The predicted molar refractivity (Wildman–Crippen MR) is 84.3 cm³/mol. The third-order valence-corrected chi connectivity index (χ3v) is 4.13. The van der Waals surface area contributed by atoms with E-state index in [0.717, 1.165) is 11.5 Å². The summed E-state index contributed by atoms with van der Waals surface area (Å²) in [6, 6.07) is 8.82. The van der Waals surface area contributed by atoms with Crippen molar-refractivity contribution in [2.45, 2.75) is 24.1 Å². The highest BCUT2D eigenvalue weighted by atomic mass is 35.5. The van der Waals surface area contributed by atoms with Crippen LogP contribution in [-0.2, 0) is 4.74 Å². The van der Waals surface area contributed by atoms with Gasteiger partial charge in [-0.15, -0.1) is 6.58 Å². The zero-order valence-corrected chi connectivity index (χ0v) is 12.8. The van der Waals surface area contributed by atoms with E-state index in [9.17, 15) is 15.3 Å². The first kappa shape index (κ1) is 16.2. The molecule has 0 amide bonds. The van der Waals surface area contributed by atoms with Crippen LogP contribution >= 0.6 is 11.6 Å². The lowest BCUT2D eigenvalue weighted by Gasteiger charge is -2.26. The normalized spacial score (nSPS) is 30.5. The summed E-state index contributed by atoms with van der Waals surface area (Å²) in [5.74, 6) is 0.498. The molecule has 0 spiro atoms. The van der Waals surface area contributed by atoms with Crippen LogP contribution in [0.5, 0.6) is 5.75 Å². The molecule has 7 heteroatoms. The smallest absolute Gasteiger partial charge is 0.184 e. The highest BCUT2D eigenvalue weighted by molar-refractivity contribution is 6.29. The third kappa shape index (κ3) is 2.91. The van der Waals surface area contributed by atoms with E-state index in [-0.39, 0.29) is 6.61 Å². The van der Waals surface area contributed by atoms with Crippen molar-refractivity contribution in [1.29, 1.82) is 0 Å². The lowest BCUT2D eigenvalue weighted by atomic mass is 9.93. The number of hydrogen-bond donors (Lipinski definition) is 3. The number of aliphatic hydroxyl groups is 3. The van der Waals surface area contributed by atoms with Gasteiger partial charge in [-0.1, -0.05) is 17.7 Å². The number of rotatable bonds is 4. The number of benzene rings is 1. The molecule has 3 N–H and O–H groups in total. The Kier molecular flexibility index (Phi) is 4.27. The number of ether oxygens (including phenoxy) is 2. The molecule has 6 nitrogen and oxygen atoms in total. The van der Waals surface area contributed by atoms with Crippen LogP contribution in [0.25, 0.3) is 10.9 Å². The average Bonchev–Trinajstić information content (AvgIpc) is 2.77. The molecule has 4 atom stereocenters. The zero-order chi connectivity index (χ0) is 16.6. The Morgan fingerprint density at radius 2 is 2.09 bits per heavy atom. The van der Waals surface area contributed by atoms with Crippen LogP contribution < -0.4 is 4.74 Å². The molecule has 1 aromatic heterocycles. The first-order chi connectivity index (χ1) is 10.9. The summed E-state index contributed by atoms with van der Waals surface area (Å²) in [4.78, 5) is 4.19. The van der Waals surface area contributed by atoms with Gasteiger partial charge in [0.15, 0.2) is 6.29 Å². The van der Waals surface area contributed by atoms with Crippen LogP contribution in [0.4, 0.5) is 0 Å². The first-order valence-corrected chi connectivity index (χ1v) is 7.38. The largest absolute Gasteiger partial charge is 0.491 e. The maximum atomic E-state index is 10.3. The minimum atomic E-state index is -1.78. The number of hydrogen-bond acceptors (Lipinski definition) is 6. The highest BCUT2D eigenvalue weighted by Crippen LogP contribution is 2.32. The van der Waals surface area contributed by atoms with Gasteiger partial charge in [-0.25, -0.2) is 4.98 Å². The van der Waals surface area contributed by atoms with Gasteiger partial charge in [0.05, 0.1) is 5.52 Å². The van der Waals surface area contributed by atoms with Gasteiger partial charge < -0.3 is 24.8 Å². The van der Waals surface area contributed by atoms with Crippen LogP contribution in [-0.4, -0.2) is 51.0 Å². The number of nitrogens with zero attached hydrogens (tertiary/aromatic N) is 1. The summed E-state index contributed by atoms with van der Waals surface area (Å²) in [6.07, 6.45) is -2.79. The molecule has 23 heavy (non-hydrogen) atoms. The molecule has 0 aliphatic carbocycles. The van der Waals surface area contributed by atoms with Crippen molar-refractivity contribution < 1.29 is 24.8 Å². The Balaban J connectivity index is 1.76. The maximum Gasteiger partial charge on any atom is 0.184 e. The summed E-state index contributed by atoms with van der Waals surface area (Å²) in [6.45, 7) is 3.39. The van der Waals surface area contributed by atoms with Crippen molar-refractivity contribution in [3.05, 3.63) is 48.1 Å². The molecule has 1 unspecified atom stereocenters. The Hall–Kier alpha value is -1.70. The summed E-state index contributed by atoms with van der Waals surface area (Å²) in [5, 5.41) is 30.9. The molecule has 3 rings (SSSR count). The van der Waals surface area contributed by atoms with Crippen molar-refractivity contribution in [3.8, 4) is 5.75 Å². The fraction of sp³-hybridized carbons (Fsp3) is 0.312. The lowest BCUT2D eigenvalue weighted by Crippen LogP contribution is -2.48. The van der Waals surface area contributed by atoms with Gasteiger partial charge in [0.25, 0.3) is 0 Å². The molecular weight excluding hydrogens is 322 g/mol. The third-order valence-electron chi connectivity index (χ3n) is 3.92. The average molecular weight is 338 g/mol. The molecule has 1 aromatic carbocycles. The van der Waals surface area contributed by atoms with Crippen molar-refractivity contribution in [3.63, 3.8) is 0 Å². The van der Waals surface area contributed by atoms with E-state index in [4.69, 9.17) is 21.1 Å². The molecule has 1 saturated heterocycles. The van der Waals surface area contributed by atoms with Gasteiger partial charge in [-0.2, -0.15) is 0 Å². The minimum Gasteiger partial charge on any atom is -0.491 e. The van der Waals surface area contributed by atoms with Crippen LogP contribution in [0, 0.1) is 0 Å². The summed E-state index contributed by atoms with van der Waals surface area (Å²) < 4.78 is 10.7. The summed E-state index contributed by atoms with van der Waals surface area (Å²) >= 11 is 5.87. The summed E-state index contributed by atoms with van der Waals surface area (Å²) in [5.41, 5.74) is -1.11. The maximum absolute atomic E-state index is 10.3. The Bertz CT molecular complexity index is 739. The highest BCUT2D eigenvalue weighted by Gasteiger charge is 2.53. The number of fused-ring (bicyclic) bond motifs is 1. The van der Waals surface area contributed by atoms with Crippen LogP contribution in [0.15, 0.2) is 43.0 Å². The van der Waals surface area contributed by atoms with Gasteiger partial charge in [0.1, 0.15) is 35.3 Å². The zero-order valence-electron chi connectivity index (χ0n) is 12.1. The molecule has 1 fully saturated rings. The van der Waals surface area contributed by atoms with Gasteiger partial charge in [-0.05, 0) is 24.3 Å². The van der Waals surface area contributed by atoms with E-state index in [1.165, 1.54) is 0 Å². The molecule has 0 radical (unpaired) electrons. The van der Waals surface area contributed by atoms with Gasteiger partial charge in [-0.3, -0.25) is 0 Å². The fourth-order valence-electron chi connectivity index (χ4n) is 2.53. The second-order valence-electron chi connectivity index (χ2n) is 5.35. The molecule has 0 bridgehead atoms. The van der Waals surface area contributed by atoms with Gasteiger partial charge in [0, 0.05) is 11.5 Å². The minimum absolute atomic E-state index is 0.0806. The Morgan fingerprint density at radius 1 is 1.35 bits per heavy atom. The van der Waals surface area contributed by atoms with Crippen molar-refractivity contribution in [1.82, 2.24) is 4.98 Å². The Morgan fingerprint density at radius 3 is 2.83 bits per heavy atom. The van der Waals surface area contributed by atoms with Crippen molar-refractivity contribution >= 4 is 22.5 Å². The Labute approximate surface area is 137 Å². The van der Waals surface area contributed by atoms with Crippen LogP contribution in [0.2, 0.25) is 5.15 Å².